The summed E-state index contributed by atoms with van der Waals surface area (Å²) in [6, 6.07) is 0. The fourth-order valence-electron chi connectivity index (χ4n) is 1.75. The molecule has 0 saturated carbocycles. The van der Waals surface area contributed by atoms with Crippen molar-refractivity contribution in [3.63, 3.8) is 0 Å². The van der Waals surface area contributed by atoms with Crippen LogP contribution in [0.1, 0.15) is 13.8 Å². The highest BCUT2D eigenvalue weighted by Crippen LogP contribution is 2.22. The molecule has 0 amide bonds. The SMILES string of the molecule is COC(=O)CS(=O)(=O)N1CC(S(=O)(=O)CC(C)C)C1. The number of esters is 1. The van der Waals surface area contributed by atoms with Crippen molar-refractivity contribution in [2.45, 2.75) is 19.1 Å². The number of sulfone groups is 1. The Kier molecular flexibility index (Phi) is 4.97. The molecule has 1 aliphatic rings. The molecule has 1 rings (SSSR count). The van der Waals surface area contributed by atoms with Gasteiger partial charge in [-0.2, -0.15) is 4.31 Å². The molecule has 1 fully saturated rings. The molecular weight excluding hydrogens is 294 g/mol. The molecule has 0 atom stereocenters. The van der Waals surface area contributed by atoms with Crippen LogP contribution in [0.25, 0.3) is 0 Å². The number of hydrogen-bond donors (Lipinski definition) is 0. The first-order valence-corrected chi connectivity index (χ1v) is 9.17. The minimum Gasteiger partial charge on any atom is -0.468 e. The smallest absolute Gasteiger partial charge is 0.322 e. The lowest BCUT2D eigenvalue weighted by Gasteiger charge is -2.37. The van der Waals surface area contributed by atoms with Crippen LogP contribution in [0.15, 0.2) is 0 Å². The number of carbonyl (C=O) groups excluding carboxylic acids is 1. The van der Waals surface area contributed by atoms with E-state index < -0.39 is 36.8 Å². The summed E-state index contributed by atoms with van der Waals surface area (Å²) in [6.45, 7) is 3.44. The van der Waals surface area contributed by atoms with Crippen LogP contribution in [0.4, 0.5) is 0 Å². The van der Waals surface area contributed by atoms with E-state index in [1.165, 1.54) is 0 Å². The molecule has 1 saturated heterocycles. The molecule has 0 spiro atoms. The van der Waals surface area contributed by atoms with Gasteiger partial charge in [0.1, 0.15) is 0 Å². The Bertz CT molecular complexity index is 530. The van der Waals surface area contributed by atoms with Crippen molar-refractivity contribution >= 4 is 25.8 Å². The lowest BCUT2D eigenvalue weighted by Crippen LogP contribution is -2.58. The quantitative estimate of drug-likeness (QED) is 0.598. The summed E-state index contributed by atoms with van der Waals surface area (Å²) < 4.78 is 52.4. The zero-order valence-corrected chi connectivity index (χ0v) is 12.8. The van der Waals surface area contributed by atoms with Gasteiger partial charge in [0.25, 0.3) is 0 Å². The second kappa shape index (κ2) is 5.76. The van der Waals surface area contributed by atoms with Crippen LogP contribution in [0.5, 0.6) is 0 Å². The van der Waals surface area contributed by atoms with Crippen LogP contribution < -0.4 is 0 Å². The van der Waals surface area contributed by atoms with Crippen LogP contribution >= 0.6 is 0 Å². The first-order chi connectivity index (χ1) is 8.58. The summed E-state index contributed by atoms with van der Waals surface area (Å²) in [5.41, 5.74) is 0. The molecule has 112 valence electrons. The maximum absolute atomic E-state index is 11.9. The molecular formula is C10H19NO6S2. The summed E-state index contributed by atoms with van der Waals surface area (Å²) in [5.74, 6) is -1.55. The minimum atomic E-state index is -3.76. The molecule has 0 radical (unpaired) electrons. The van der Waals surface area contributed by atoms with Gasteiger partial charge in [-0.1, -0.05) is 13.8 Å². The van der Waals surface area contributed by atoms with Crippen molar-refractivity contribution in [2.24, 2.45) is 5.92 Å². The van der Waals surface area contributed by atoms with Gasteiger partial charge in [0.15, 0.2) is 15.6 Å². The Morgan fingerprint density at radius 1 is 1.26 bits per heavy atom. The van der Waals surface area contributed by atoms with Gasteiger partial charge in [-0.3, -0.25) is 4.79 Å². The van der Waals surface area contributed by atoms with E-state index in [0.29, 0.717) is 0 Å². The van der Waals surface area contributed by atoms with Gasteiger partial charge in [0, 0.05) is 13.1 Å². The van der Waals surface area contributed by atoms with E-state index >= 15 is 0 Å². The highest BCUT2D eigenvalue weighted by molar-refractivity contribution is 7.92. The van der Waals surface area contributed by atoms with Crippen LogP contribution in [0.2, 0.25) is 0 Å². The number of hydrogen-bond acceptors (Lipinski definition) is 6. The van der Waals surface area contributed by atoms with Crippen LogP contribution in [0.3, 0.4) is 0 Å². The second-order valence-electron chi connectivity index (χ2n) is 4.99. The zero-order chi connectivity index (χ0) is 14.8. The van der Waals surface area contributed by atoms with Gasteiger partial charge in [0.05, 0.1) is 18.1 Å². The van der Waals surface area contributed by atoms with E-state index in [2.05, 4.69) is 4.74 Å². The predicted molar refractivity (Wildman–Crippen MR) is 69.8 cm³/mol. The third kappa shape index (κ3) is 4.15. The van der Waals surface area contributed by atoms with Crippen molar-refractivity contribution in [2.75, 3.05) is 31.7 Å². The third-order valence-corrected chi connectivity index (χ3v) is 6.94. The largest absolute Gasteiger partial charge is 0.468 e. The van der Waals surface area contributed by atoms with Crippen molar-refractivity contribution in [3.8, 4) is 0 Å². The molecule has 1 aliphatic heterocycles. The average molecular weight is 313 g/mol. The first kappa shape index (κ1) is 16.4. The Morgan fingerprint density at radius 2 is 1.79 bits per heavy atom. The standard InChI is InChI=1S/C10H19NO6S2/c1-8(2)6-18(13,14)9-4-11(5-9)19(15,16)7-10(12)17-3/h8-9H,4-7H2,1-3H3. The molecule has 0 bridgehead atoms. The van der Waals surface area contributed by atoms with E-state index in [-0.39, 0.29) is 24.8 Å². The number of rotatable bonds is 6. The van der Waals surface area contributed by atoms with E-state index in [1.54, 1.807) is 13.8 Å². The lowest BCUT2D eigenvalue weighted by atomic mass is 10.3. The van der Waals surface area contributed by atoms with Crippen LogP contribution in [-0.2, 0) is 29.4 Å². The Balaban J connectivity index is 2.61. The number of sulfonamides is 1. The normalized spacial score (nSPS) is 18.3. The first-order valence-electron chi connectivity index (χ1n) is 5.84. The Hall–Kier alpha value is -0.670. The maximum atomic E-state index is 11.9. The number of methoxy groups -OCH3 is 1. The van der Waals surface area contributed by atoms with E-state index in [9.17, 15) is 21.6 Å². The summed E-state index contributed by atoms with van der Waals surface area (Å²) in [4.78, 5) is 10.9. The Morgan fingerprint density at radius 3 is 2.21 bits per heavy atom. The second-order valence-corrected chi connectivity index (χ2v) is 9.29. The van der Waals surface area contributed by atoms with E-state index in [4.69, 9.17) is 0 Å². The third-order valence-electron chi connectivity index (χ3n) is 2.81. The number of ether oxygens (including phenoxy) is 1. The van der Waals surface area contributed by atoms with Gasteiger partial charge < -0.3 is 4.74 Å². The molecule has 0 aliphatic carbocycles. The molecule has 7 nitrogen and oxygen atoms in total. The highest BCUT2D eigenvalue weighted by atomic mass is 32.2. The van der Waals surface area contributed by atoms with Crippen molar-refractivity contribution < 1.29 is 26.4 Å². The van der Waals surface area contributed by atoms with Crippen molar-refractivity contribution in [1.82, 2.24) is 4.31 Å². The number of nitrogens with zero attached hydrogens (tertiary/aromatic N) is 1. The van der Waals surface area contributed by atoms with Crippen molar-refractivity contribution in [1.29, 1.82) is 0 Å². The van der Waals surface area contributed by atoms with Gasteiger partial charge in [-0.25, -0.2) is 16.8 Å². The summed E-state index contributed by atoms with van der Waals surface area (Å²) in [6.07, 6.45) is 0. The van der Waals surface area contributed by atoms with Gasteiger partial charge >= 0.3 is 5.97 Å². The zero-order valence-electron chi connectivity index (χ0n) is 11.2. The van der Waals surface area contributed by atoms with Gasteiger partial charge in [0.2, 0.25) is 10.0 Å². The van der Waals surface area contributed by atoms with Gasteiger partial charge in [-0.05, 0) is 5.92 Å². The molecule has 0 aromatic rings. The van der Waals surface area contributed by atoms with Gasteiger partial charge in [-0.15, -0.1) is 0 Å². The van der Waals surface area contributed by atoms with Crippen molar-refractivity contribution in [3.05, 3.63) is 0 Å². The minimum absolute atomic E-state index is 0.00530. The Labute approximate surface area is 113 Å². The van der Waals surface area contributed by atoms with Crippen LogP contribution in [-0.4, -0.2) is 64.1 Å². The fourth-order valence-corrected chi connectivity index (χ4v) is 5.37. The molecule has 0 aromatic heterocycles. The molecule has 9 heteroatoms. The number of carbonyl (C=O) groups is 1. The average Bonchev–Trinajstić information content (AvgIpc) is 2.10. The lowest BCUT2D eigenvalue weighted by molar-refractivity contribution is -0.137. The molecule has 0 unspecified atom stereocenters. The van der Waals surface area contributed by atoms with E-state index in [1.807, 2.05) is 0 Å². The molecule has 0 N–H and O–H groups in total. The fraction of sp³-hybridized carbons (Fsp3) is 0.900. The summed E-state index contributed by atoms with van der Waals surface area (Å²) in [5, 5.41) is -0.665. The summed E-state index contributed by atoms with van der Waals surface area (Å²) in [7, 11) is -5.93. The topological polar surface area (TPSA) is 97.8 Å². The molecule has 19 heavy (non-hydrogen) atoms. The molecule has 0 aromatic carbocycles. The highest BCUT2D eigenvalue weighted by Gasteiger charge is 2.43. The molecule has 1 heterocycles. The van der Waals surface area contributed by atoms with Crippen LogP contribution in [0, 0.1) is 5.92 Å². The monoisotopic (exact) mass is 313 g/mol. The predicted octanol–water partition coefficient (Wildman–Crippen LogP) is -0.756. The summed E-state index contributed by atoms with van der Waals surface area (Å²) >= 11 is 0. The van der Waals surface area contributed by atoms with E-state index in [0.717, 1.165) is 11.4 Å². The maximum Gasteiger partial charge on any atom is 0.322 e.